The lowest BCUT2D eigenvalue weighted by atomic mass is 10.6. The van der Waals surface area contributed by atoms with Crippen LogP contribution in [-0.4, -0.2) is 31.7 Å². The van der Waals surface area contributed by atoms with Gasteiger partial charge in [0.25, 0.3) is 0 Å². The fourth-order valence-corrected chi connectivity index (χ4v) is 1.14. The molecule has 0 aromatic heterocycles. The van der Waals surface area contributed by atoms with Crippen LogP contribution in [0.3, 0.4) is 0 Å². The maximum Gasteiger partial charge on any atom is 0.375 e. The maximum atomic E-state index is 10.0. The van der Waals surface area contributed by atoms with E-state index in [1.54, 1.807) is 13.8 Å². The number of carbonyl (C=O) groups is 1. The quantitative estimate of drug-likeness (QED) is 0.508. The van der Waals surface area contributed by atoms with E-state index in [9.17, 15) is 4.79 Å². The summed E-state index contributed by atoms with van der Waals surface area (Å²) < 4.78 is 0. The molecule has 0 aliphatic rings. The van der Waals surface area contributed by atoms with Crippen LogP contribution in [0.1, 0.15) is 13.8 Å². The average Bonchev–Trinajstić information content (AvgIpc) is 1.60. The van der Waals surface area contributed by atoms with Gasteiger partial charge in [-0.15, -0.1) is 0 Å². The number of rotatable bonds is 3. The molecule has 0 spiro atoms. The van der Waals surface area contributed by atoms with E-state index in [0.717, 1.165) is 0 Å². The summed E-state index contributed by atoms with van der Waals surface area (Å²) in [4.78, 5) is 10.0. The summed E-state index contributed by atoms with van der Waals surface area (Å²) in [7, 11) is 0. The van der Waals surface area contributed by atoms with Gasteiger partial charge in [0, 0.05) is 5.25 Å². The number of carboxylic acid groups (broad SMARTS) is 1. The largest absolute Gasteiger partial charge is 0.477 e. The molecule has 0 aliphatic carbocycles. The number of hydrogen-bond donors (Lipinski definition) is 3. The van der Waals surface area contributed by atoms with Crippen LogP contribution in [0.2, 0.25) is 0 Å². The van der Waals surface area contributed by atoms with Gasteiger partial charge in [-0.05, 0) is 0 Å². The van der Waals surface area contributed by atoms with E-state index >= 15 is 0 Å². The molecule has 0 aromatic carbocycles. The molecule has 0 rings (SSSR count). The fourth-order valence-electron chi connectivity index (χ4n) is 0.379. The molecule has 0 atom stereocenters. The Labute approximate surface area is 62.9 Å². The highest BCUT2D eigenvalue weighted by atomic mass is 32.2. The van der Waals surface area contributed by atoms with Crippen LogP contribution in [0.4, 0.5) is 0 Å². The molecular weight excluding hydrogens is 156 g/mol. The molecule has 3 N–H and O–H groups in total. The van der Waals surface area contributed by atoms with Crippen LogP contribution >= 0.6 is 11.8 Å². The summed E-state index contributed by atoms with van der Waals surface area (Å²) in [5.41, 5.74) is 0. The summed E-state index contributed by atoms with van der Waals surface area (Å²) in [6, 6.07) is 0. The second kappa shape index (κ2) is 3.23. The van der Waals surface area contributed by atoms with Crippen molar-refractivity contribution in [2.45, 2.75) is 24.2 Å². The van der Waals surface area contributed by atoms with Gasteiger partial charge in [0.15, 0.2) is 0 Å². The first-order valence-electron chi connectivity index (χ1n) is 2.72. The van der Waals surface area contributed by atoms with Gasteiger partial charge in [-0.3, -0.25) is 0 Å². The van der Waals surface area contributed by atoms with Crippen molar-refractivity contribution in [1.82, 2.24) is 0 Å². The van der Waals surface area contributed by atoms with Gasteiger partial charge in [0.1, 0.15) is 0 Å². The monoisotopic (exact) mass is 166 g/mol. The van der Waals surface area contributed by atoms with E-state index in [4.69, 9.17) is 15.3 Å². The highest BCUT2D eigenvalue weighted by Crippen LogP contribution is 2.23. The zero-order chi connectivity index (χ0) is 8.36. The Kier molecular flexibility index (Phi) is 3.14. The Bertz CT molecular complexity index is 132. The predicted octanol–water partition coefficient (Wildman–Crippen LogP) is -0.149. The average molecular weight is 166 g/mol. The van der Waals surface area contributed by atoms with E-state index in [1.807, 2.05) is 0 Å². The number of aliphatic hydroxyl groups is 2. The summed E-state index contributed by atoms with van der Waals surface area (Å²) >= 11 is 0.576. The maximum absolute atomic E-state index is 10.0. The van der Waals surface area contributed by atoms with Crippen molar-refractivity contribution in [3.63, 3.8) is 0 Å². The lowest BCUT2D eigenvalue weighted by molar-refractivity contribution is -0.174. The molecule has 0 bridgehead atoms. The zero-order valence-corrected chi connectivity index (χ0v) is 6.55. The molecule has 60 valence electrons. The Morgan fingerprint density at radius 1 is 1.50 bits per heavy atom. The fraction of sp³-hybridized carbons (Fsp3) is 0.800. The second-order valence-corrected chi connectivity index (χ2v) is 3.83. The second-order valence-electron chi connectivity index (χ2n) is 2.08. The number of thioether (sulfide) groups is 1. The van der Waals surface area contributed by atoms with Gasteiger partial charge in [-0.1, -0.05) is 25.6 Å². The van der Waals surface area contributed by atoms with E-state index in [2.05, 4.69) is 0 Å². The summed E-state index contributed by atoms with van der Waals surface area (Å²) in [5.74, 6) is -1.63. The van der Waals surface area contributed by atoms with Gasteiger partial charge in [0.2, 0.25) is 0 Å². The van der Waals surface area contributed by atoms with Crippen molar-refractivity contribution in [2.75, 3.05) is 0 Å². The van der Waals surface area contributed by atoms with Crippen LogP contribution in [0.5, 0.6) is 0 Å². The molecule has 0 fully saturated rings. The minimum Gasteiger partial charge on any atom is -0.477 e. The Hall–Kier alpha value is -0.260. The lowest BCUT2D eigenvalue weighted by Gasteiger charge is -2.16. The molecule has 0 amide bonds. The normalized spacial score (nSPS) is 12.1. The van der Waals surface area contributed by atoms with E-state index in [0.29, 0.717) is 11.8 Å². The molecule has 0 heterocycles. The Morgan fingerprint density at radius 3 is 2.00 bits per heavy atom. The third-order valence-corrected chi connectivity index (χ3v) is 1.65. The van der Waals surface area contributed by atoms with Crippen molar-refractivity contribution in [3.8, 4) is 0 Å². The number of hydrogen-bond acceptors (Lipinski definition) is 4. The minimum atomic E-state index is -2.64. The lowest BCUT2D eigenvalue weighted by Crippen LogP contribution is -2.35. The highest BCUT2D eigenvalue weighted by Gasteiger charge is 2.34. The number of aliphatic carboxylic acids is 1. The van der Waals surface area contributed by atoms with Gasteiger partial charge in [-0.2, -0.15) is 0 Å². The third kappa shape index (κ3) is 3.05. The van der Waals surface area contributed by atoms with Crippen molar-refractivity contribution >= 4 is 17.7 Å². The molecule has 0 saturated heterocycles. The Morgan fingerprint density at radius 2 is 1.90 bits per heavy atom. The van der Waals surface area contributed by atoms with Gasteiger partial charge >= 0.3 is 11.1 Å². The van der Waals surface area contributed by atoms with Crippen molar-refractivity contribution < 1.29 is 20.1 Å². The summed E-state index contributed by atoms with van der Waals surface area (Å²) in [6.07, 6.45) is 0. The van der Waals surface area contributed by atoms with Crippen molar-refractivity contribution in [2.24, 2.45) is 0 Å². The summed E-state index contributed by atoms with van der Waals surface area (Å²) in [5, 5.41) is 22.8. The topological polar surface area (TPSA) is 77.8 Å². The Balaban J connectivity index is 4.00. The molecular formula is C5H10O4S. The number of carboxylic acids is 1. The molecule has 0 radical (unpaired) electrons. The highest BCUT2D eigenvalue weighted by molar-refractivity contribution is 8.01. The van der Waals surface area contributed by atoms with Gasteiger partial charge in [0.05, 0.1) is 0 Å². The third-order valence-electron chi connectivity index (χ3n) is 0.679. The first-order valence-corrected chi connectivity index (χ1v) is 3.60. The smallest absolute Gasteiger partial charge is 0.375 e. The van der Waals surface area contributed by atoms with E-state index < -0.39 is 11.1 Å². The van der Waals surface area contributed by atoms with Crippen molar-refractivity contribution in [3.05, 3.63) is 0 Å². The van der Waals surface area contributed by atoms with E-state index in [-0.39, 0.29) is 5.25 Å². The van der Waals surface area contributed by atoms with Gasteiger partial charge < -0.3 is 15.3 Å². The SMILES string of the molecule is CC(C)SC(O)(O)C(=O)O. The van der Waals surface area contributed by atoms with Crippen LogP contribution in [-0.2, 0) is 4.79 Å². The molecule has 0 aliphatic heterocycles. The molecule has 0 aromatic rings. The standard InChI is InChI=1S/C5H10O4S/c1-3(2)10-5(8,9)4(6)7/h3,8-9H,1-2H3,(H,6,7). The van der Waals surface area contributed by atoms with Crippen molar-refractivity contribution in [1.29, 1.82) is 0 Å². The molecule has 0 saturated carbocycles. The molecule has 0 unspecified atom stereocenters. The van der Waals surface area contributed by atoms with Crippen LogP contribution in [0.15, 0.2) is 0 Å². The molecule has 5 heteroatoms. The van der Waals surface area contributed by atoms with Crippen LogP contribution in [0, 0.1) is 0 Å². The minimum absolute atomic E-state index is 0.133. The predicted molar refractivity (Wildman–Crippen MR) is 37.5 cm³/mol. The molecule has 10 heavy (non-hydrogen) atoms. The van der Waals surface area contributed by atoms with Crippen LogP contribution in [0.25, 0.3) is 0 Å². The first kappa shape index (κ1) is 9.74. The molecule has 4 nitrogen and oxygen atoms in total. The van der Waals surface area contributed by atoms with E-state index in [1.165, 1.54) is 0 Å². The van der Waals surface area contributed by atoms with Crippen LogP contribution < -0.4 is 0 Å². The first-order chi connectivity index (χ1) is 4.36. The summed E-state index contributed by atoms with van der Waals surface area (Å²) in [6.45, 7) is 3.35. The zero-order valence-electron chi connectivity index (χ0n) is 5.74. The van der Waals surface area contributed by atoms with Gasteiger partial charge in [-0.25, -0.2) is 4.79 Å².